The maximum absolute atomic E-state index is 11.4. The monoisotopic (exact) mass is 634 g/mol. The Morgan fingerprint density at radius 1 is 0.600 bits per heavy atom. The van der Waals surface area contributed by atoms with Crippen molar-refractivity contribution >= 4 is 54.5 Å². The van der Waals surface area contributed by atoms with Crippen LogP contribution in [-0.4, -0.2) is 11.6 Å². The summed E-state index contributed by atoms with van der Waals surface area (Å²) in [5.41, 5.74) is 1.34. The first-order valence-electron chi connectivity index (χ1n) is 10.1. The van der Waals surface area contributed by atoms with Gasteiger partial charge in [-0.25, -0.2) is 0 Å². The number of hydrogen-bond donors (Lipinski definition) is 2. The molecule has 0 atom stereocenters. The molecule has 0 aliphatic heterocycles. The summed E-state index contributed by atoms with van der Waals surface area (Å²) in [7, 11) is 9.63. The zero-order chi connectivity index (χ0) is 25.1. The number of ketones is 2. The van der Waals surface area contributed by atoms with Gasteiger partial charge in [0.05, 0.1) is 0 Å². The van der Waals surface area contributed by atoms with Gasteiger partial charge >= 0.3 is 35.0 Å². The molecule has 2 N–H and O–H groups in total. The fourth-order valence-electron chi connectivity index (χ4n) is 2.50. The van der Waals surface area contributed by atoms with Crippen LogP contribution in [0.4, 0.5) is 0 Å². The zero-order valence-corrected chi connectivity index (χ0v) is 23.0. The van der Waals surface area contributed by atoms with Crippen LogP contribution in [0, 0.1) is 0 Å². The minimum absolute atomic E-state index is 0.0312. The molecule has 2 aliphatic carbocycles. The predicted molar refractivity (Wildman–Crippen MR) is 145 cm³/mol. The third-order valence-corrected chi connectivity index (χ3v) is 5.59. The molecule has 0 amide bonds. The summed E-state index contributed by atoms with van der Waals surface area (Å²) in [4.78, 5) is 25.0. The second-order valence-corrected chi connectivity index (χ2v) is 10.7. The molecule has 2 aromatic rings. The molecule has 0 spiro atoms. The Kier molecular flexibility index (Phi) is 15.0. The summed E-state index contributed by atoms with van der Waals surface area (Å²) in [5, 5.41) is 0. The molecule has 0 radical (unpaired) electrons. The first kappa shape index (κ1) is 29.0. The van der Waals surface area contributed by atoms with E-state index >= 15 is 0 Å². The van der Waals surface area contributed by atoms with Gasteiger partial charge in [-0.15, -0.1) is 0 Å². The molecule has 35 heavy (non-hydrogen) atoms. The third kappa shape index (κ3) is 12.3. The molecule has 0 saturated carbocycles. The van der Waals surface area contributed by atoms with Gasteiger partial charge in [-0.1, -0.05) is 60.7 Å². The summed E-state index contributed by atoms with van der Waals surface area (Å²) in [5.74, 6) is 0.0623. The van der Waals surface area contributed by atoms with Crippen LogP contribution in [0.25, 0.3) is 0 Å². The molecule has 4 nitrogen and oxygen atoms in total. The number of allylic oxidation sites excluding steroid dienone is 10. The van der Waals surface area contributed by atoms with E-state index in [2.05, 4.69) is 9.44 Å². The summed E-state index contributed by atoms with van der Waals surface area (Å²) >= 11 is 2.85. The van der Waals surface area contributed by atoms with Crippen LogP contribution in [0.1, 0.15) is 0 Å². The van der Waals surface area contributed by atoms with E-state index in [4.69, 9.17) is 19.1 Å². The fraction of sp³-hybridized carbons (Fsp3) is 0. The molecule has 0 bridgehead atoms. The van der Waals surface area contributed by atoms with Gasteiger partial charge in [0.1, 0.15) is 0 Å². The normalized spacial score (nSPS) is 15.9. The Labute approximate surface area is 230 Å². The molecule has 4 rings (SSSR count). The van der Waals surface area contributed by atoms with Gasteiger partial charge in [-0.05, 0) is 72.5 Å². The Morgan fingerprint density at radius 2 is 0.943 bits per heavy atom. The Balaban J connectivity index is 0.000000222. The van der Waals surface area contributed by atoms with Gasteiger partial charge in [0.2, 0.25) is 0 Å². The molecule has 0 fully saturated rings. The zero-order valence-electron chi connectivity index (χ0n) is 18.3. The van der Waals surface area contributed by atoms with Crippen molar-refractivity contribution in [2.24, 2.45) is 0 Å². The van der Waals surface area contributed by atoms with Gasteiger partial charge < -0.3 is 9.44 Å². The van der Waals surface area contributed by atoms with Crippen molar-refractivity contribution in [3.8, 4) is 0 Å². The SMILES string of the molecule is O=C1C=CC=C/C1=C/NSc1ccccc1.O=C1C=CC=C/C1=C/NSc1ccccc1.[Cl][Pd][Cl]. The van der Waals surface area contributed by atoms with E-state index in [9.17, 15) is 9.59 Å². The summed E-state index contributed by atoms with van der Waals surface area (Å²) in [6.45, 7) is 0. The van der Waals surface area contributed by atoms with E-state index in [1.165, 1.54) is 23.9 Å². The molecule has 0 aromatic heterocycles. The third-order valence-electron chi connectivity index (χ3n) is 4.11. The van der Waals surface area contributed by atoms with Crippen molar-refractivity contribution in [3.05, 3.63) is 133 Å². The number of halogens is 2. The molecule has 2 aliphatic rings. The van der Waals surface area contributed by atoms with Crippen molar-refractivity contribution < 1.29 is 25.5 Å². The van der Waals surface area contributed by atoms with Crippen molar-refractivity contribution in [3.63, 3.8) is 0 Å². The van der Waals surface area contributed by atoms with Crippen LogP contribution in [0.5, 0.6) is 0 Å². The molecule has 9 heteroatoms. The molecular weight excluding hydrogens is 614 g/mol. The molecule has 2 aromatic carbocycles. The van der Waals surface area contributed by atoms with E-state index in [0.29, 0.717) is 11.1 Å². The number of hydrogen-bond acceptors (Lipinski definition) is 6. The summed E-state index contributed by atoms with van der Waals surface area (Å²) < 4.78 is 6.10. The van der Waals surface area contributed by atoms with E-state index in [1.807, 2.05) is 72.8 Å². The summed E-state index contributed by atoms with van der Waals surface area (Å²) in [6.07, 6.45) is 17.3. The second kappa shape index (κ2) is 18.1. The topological polar surface area (TPSA) is 58.2 Å². The Morgan fingerprint density at radius 3 is 1.29 bits per heavy atom. The van der Waals surface area contributed by atoms with Crippen molar-refractivity contribution in [1.29, 1.82) is 0 Å². The van der Waals surface area contributed by atoms with Crippen LogP contribution < -0.4 is 9.44 Å². The number of nitrogens with one attached hydrogen (secondary N) is 2. The number of rotatable bonds is 6. The molecule has 0 heterocycles. The van der Waals surface area contributed by atoms with E-state index in [-0.39, 0.29) is 27.5 Å². The van der Waals surface area contributed by atoms with Crippen molar-refractivity contribution in [2.75, 3.05) is 0 Å². The fourth-order valence-corrected chi connectivity index (χ4v) is 3.73. The van der Waals surface area contributed by atoms with E-state index in [1.54, 1.807) is 48.9 Å². The van der Waals surface area contributed by atoms with Gasteiger partial charge in [-0.3, -0.25) is 9.59 Å². The van der Waals surface area contributed by atoms with E-state index < -0.39 is 0 Å². The molecule has 0 saturated heterocycles. The maximum atomic E-state index is 11.4. The van der Waals surface area contributed by atoms with Crippen LogP contribution in [0.2, 0.25) is 0 Å². The van der Waals surface area contributed by atoms with Gasteiger partial charge in [0, 0.05) is 33.3 Å². The van der Waals surface area contributed by atoms with Crippen molar-refractivity contribution in [1.82, 2.24) is 9.44 Å². The van der Waals surface area contributed by atoms with Gasteiger partial charge in [0.25, 0.3) is 0 Å². The van der Waals surface area contributed by atoms with Crippen molar-refractivity contribution in [2.45, 2.75) is 9.79 Å². The number of carbonyl (C=O) groups is 2. The minimum atomic E-state index is -0.106. The standard InChI is InChI=1S/2C13H11NOS.2ClH.Pd/c2*15-13-9-5-4-6-11(13)10-14-16-12-7-2-1-3-8-12;;;/h2*1-10,14H;2*1H;/q;;;;+2/p-2/b2*11-10-;;;. The second-order valence-electron chi connectivity index (χ2n) is 6.48. The Hall–Kier alpha value is -2.24. The molecular formula is C26H22Cl2N2O2PdS2. The van der Waals surface area contributed by atoms with Crippen LogP contribution in [0.3, 0.4) is 0 Å². The Bertz CT molecular complexity index is 1040. The molecule has 0 unspecified atom stereocenters. The molecule has 184 valence electrons. The van der Waals surface area contributed by atoms with Gasteiger partial charge in [-0.2, -0.15) is 0 Å². The van der Waals surface area contributed by atoms with Gasteiger partial charge in [0.15, 0.2) is 11.6 Å². The first-order valence-corrected chi connectivity index (χ1v) is 15.7. The number of carbonyl (C=O) groups excluding carboxylic acids is 2. The van der Waals surface area contributed by atoms with Crippen LogP contribution >= 0.6 is 43.0 Å². The average Bonchev–Trinajstić information content (AvgIpc) is 2.89. The predicted octanol–water partition coefficient (Wildman–Crippen LogP) is 7.10. The van der Waals surface area contributed by atoms with Crippen LogP contribution in [-0.2, 0) is 25.5 Å². The average molecular weight is 636 g/mol. The first-order chi connectivity index (χ1) is 17.1. The van der Waals surface area contributed by atoms with E-state index in [0.717, 1.165) is 9.79 Å². The quantitative estimate of drug-likeness (QED) is 0.201. The van der Waals surface area contributed by atoms with Crippen LogP contribution in [0.15, 0.2) is 143 Å². The number of benzene rings is 2. The summed E-state index contributed by atoms with van der Waals surface area (Å²) in [6, 6.07) is 19.9.